The van der Waals surface area contributed by atoms with Gasteiger partial charge in [-0.15, -0.1) is 0 Å². The largest absolute Gasteiger partial charge is 0.394 e. The van der Waals surface area contributed by atoms with Crippen molar-refractivity contribution in [2.75, 3.05) is 13.2 Å². The van der Waals surface area contributed by atoms with Gasteiger partial charge in [0.25, 0.3) is 0 Å². The summed E-state index contributed by atoms with van der Waals surface area (Å²) in [6.45, 7) is 3.52. The molecule has 1 heterocycles. The Kier molecular flexibility index (Phi) is 56.9. The summed E-state index contributed by atoms with van der Waals surface area (Å²) in [7, 11) is 0. The maximum atomic E-state index is 13.2. The molecule has 11 heteroatoms. The first-order valence-corrected chi connectivity index (χ1v) is 35.6. The number of allylic oxidation sites excluding steroid dienone is 2. The van der Waals surface area contributed by atoms with Crippen molar-refractivity contribution in [3.63, 3.8) is 0 Å². The van der Waals surface area contributed by atoms with Gasteiger partial charge in [-0.1, -0.05) is 334 Å². The quantitative estimate of drug-likeness (QED) is 0.0215. The van der Waals surface area contributed by atoms with Gasteiger partial charge in [0.05, 0.1) is 25.4 Å². The van der Waals surface area contributed by atoms with Crippen molar-refractivity contribution in [2.24, 2.45) is 0 Å². The Morgan fingerprint density at radius 3 is 1.04 bits per heavy atom. The van der Waals surface area contributed by atoms with Crippen LogP contribution >= 0.6 is 0 Å². The minimum Gasteiger partial charge on any atom is -0.394 e. The van der Waals surface area contributed by atoms with E-state index in [1.807, 2.05) is 0 Å². The van der Waals surface area contributed by atoms with Gasteiger partial charge in [0.2, 0.25) is 5.91 Å². The molecule has 1 aliphatic rings. The van der Waals surface area contributed by atoms with Gasteiger partial charge in [0.15, 0.2) is 6.29 Å². The van der Waals surface area contributed by atoms with Crippen LogP contribution < -0.4 is 5.32 Å². The maximum Gasteiger partial charge on any atom is 0.249 e. The Morgan fingerprint density at radius 1 is 0.420 bits per heavy atom. The van der Waals surface area contributed by atoms with Crippen molar-refractivity contribution in [1.29, 1.82) is 0 Å². The zero-order chi connectivity index (χ0) is 58.9. The molecule has 1 fully saturated rings. The van der Waals surface area contributed by atoms with Crippen LogP contribution in [-0.2, 0) is 14.3 Å². The molecule has 0 spiro atoms. The molecule has 0 bridgehead atoms. The zero-order valence-electron chi connectivity index (χ0n) is 53.3. The predicted molar refractivity (Wildman–Crippen MR) is 339 cm³/mol. The lowest BCUT2D eigenvalue weighted by Crippen LogP contribution is -2.60. The van der Waals surface area contributed by atoms with E-state index in [0.29, 0.717) is 19.3 Å². The van der Waals surface area contributed by atoms with Crippen LogP contribution in [-0.4, -0.2) is 110 Å². The lowest BCUT2D eigenvalue weighted by atomic mass is 9.98. The van der Waals surface area contributed by atoms with E-state index in [-0.39, 0.29) is 6.42 Å². The van der Waals surface area contributed by atoms with E-state index in [1.54, 1.807) is 0 Å². The average molecular weight is 1150 g/mol. The summed E-state index contributed by atoms with van der Waals surface area (Å²) in [5, 5.41) is 76.5. The fourth-order valence-electron chi connectivity index (χ4n) is 11.9. The molecule has 11 nitrogen and oxygen atoms in total. The summed E-state index contributed by atoms with van der Waals surface area (Å²) in [5.74, 6) is -0.694. The summed E-state index contributed by atoms with van der Waals surface area (Å²) < 4.78 is 11.2. The molecule has 1 amide bonds. The number of rotatable bonds is 63. The Morgan fingerprint density at radius 2 is 0.716 bits per heavy atom. The second kappa shape index (κ2) is 59.2. The normalized spacial score (nSPS) is 19.1. The molecule has 482 valence electrons. The summed E-state index contributed by atoms with van der Waals surface area (Å²) in [5.41, 5.74) is 0. The summed E-state index contributed by atoms with van der Waals surface area (Å²) in [6, 6.07) is -1.17. The highest BCUT2D eigenvalue weighted by molar-refractivity contribution is 5.80. The molecular formula is C70H137NO10. The van der Waals surface area contributed by atoms with Crippen LogP contribution in [0, 0.1) is 0 Å². The first kappa shape index (κ1) is 77.9. The van der Waals surface area contributed by atoms with Gasteiger partial charge in [-0.25, -0.2) is 0 Å². The maximum absolute atomic E-state index is 13.2. The second-order valence-electron chi connectivity index (χ2n) is 25.3. The predicted octanol–water partition coefficient (Wildman–Crippen LogP) is 17.0. The smallest absolute Gasteiger partial charge is 0.249 e. The first-order valence-electron chi connectivity index (χ1n) is 35.6. The van der Waals surface area contributed by atoms with Crippen LogP contribution in [0.2, 0.25) is 0 Å². The van der Waals surface area contributed by atoms with Crippen molar-refractivity contribution in [2.45, 2.75) is 416 Å². The molecule has 0 aromatic carbocycles. The summed E-state index contributed by atoms with van der Waals surface area (Å²) >= 11 is 0. The van der Waals surface area contributed by atoms with Crippen LogP contribution in [0.15, 0.2) is 12.2 Å². The first-order chi connectivity index (χ1) is 39.7. The monoisotopic (exact) mass is 1150 g/mol. The molecule has 1 aliphatic heterocycles. The SMILES string of the molecule is CCCCCCCCCCCCCC/C=C\CCCCCCCCC(O)C(=O)NC(COC1OC(CO)C(O)C(O)C1O)C(O)C(O)CCCCCCCCCCCCCCCCCCCCCCCCCCCCCCCCCC. The lowest BCUT2D eigenvalue weighted by molar-refractivity contribution is -0.303. The number of carbonyl (C=O) groups is 1. The molecule has 0 aromatic heterocycles. The van der Waals surface area contributed by atoms with Crippen LogP contribution in [0.3, 0.4) is 0 Å². The molecule has 0 aromatic rings. The number of unbranched alkanes of at least 4 members (excludes halogenated alkanes) is 49. The fourth-order valence-corrected chi connectivity index (χ4v) is 11.9. The molecule has 9 unspecified atom stereocenters. The number of hydrogen-bond donors (Lipinski definition) is 8. The van der Waals surface area contributed by atoms with Crippen molar-refractivity contribution in [3.05, 3.63) is 12.2 Å². The molecule has 1 saturated heterocycles. The van der Waals surface area contributed by atoms with Crippen LogP contribution in [0.4, 0.5) is 0 Å². The van der Waals surface area contributed by atoms with Gasteiger partial charge >= 0.3 is 0 Å². The Bertz CT molecular complexity index is 1320. The number of aliphatic hydroxyl groups excluding tert-OH is 7. The van der Waals surface area contributed by atoms with Gasteiger partial charge in [0, 0.05) is 0 Å². The van der Waals surface area contributed by atoms with Gasteiger partial charge in [-0.05, 0) is 38.5 Å². The van der Waals surface area contributed by atoms with E-state index >= 15 is 0 Å². The van der Waals surface area contributed by atoms with Crippen molar-refractivity contribution >= 4 is 5.91 Å². The van der Waals surface area contributed by atoms with Crippen LogP contribution in [0.25, 0.3) is 0 Å². The number of aliphatic hydroxyl groups is 7. The summed E-state index contributed by atoms with van der Waals surface area (Å²) in [6.07, 6.45) is 61.5. The third-order valence-corrected chi connectivity index (χ3v) is 17.6. The lowest BCUT2D eigenvalue weighted by Gasteiger charge is -2.40. The molecule has 81 heavy (non-hydrogen) atoms. The molecule has 8 N–H and O–H groups in total. The standard InChI is InChI=1S/C70H137NO10/c1-3-5-7-9-11-13-15-17-19-21-23-25-27-28-29-30-31-32-33-34-35-36-38-39-41-43-45-47-49-51-53-55-57-62(73)65(75)61(60-80-70-68(78)67(77)66(76)64(59-72)81-70)71-69(79)63(74)58-56-54-52-50-48-46-44-42-40-37-26-24-22-20-18-16-14-12-10-8-6-4-2/h40,42,61-68,70,72-78H,3-39,41,43-60H2,1-2H3,(H,71,79)/b42-40-. The minimum absolute atomic E-state index is 0.256. The molecule has 0 aliphatic carbocycles. The minimum atomic E-state index is -1.66. The van der Waals surface area contributed by atoms with E-state index in [9.17, 15) is 40.5 Å². The van der Waals surface area contributed by atoms with Crippen LogP contribution in [0.5, 0.6) is 0 Å². The van der Waals surface area contributed by atoms with E-state index in [0.717, 1.165) is 51.4 Å². The third-order valence-electron chi connectivity index (χ3n) is 17.6. The molecule has 0 saturated carbocycles. The van der Waals surface area contributed by atoms with E-state index < -0.39 is 74.2 Å². The molecule has 0 radical (unpaired) electrons. The summed E-state index contributed by atoms with van der Waals surface area (Å²) in [4.78, 5) is 13.2. The number of ether oxygens (including phenoxy) is 2. The highest BCUT2D eigenvalue weighted by Crippen LogP contribution is 2.24. The number of hydrogen-bond acceptors (Lipinski definition) is 10. The van der Waals surface area contributed by atoms with Crippen molar-refractivity contribution in [1.82, 2.24) is 5.32 Å². The van der Waals surface area contributed by atoms with Gasteiger partial charge in [-0.2, -0.15) is 0 Å². The van der Waals surface area contributed by atoms with E-state index in [2.05, 4.69) is 31.3 Å². The van der Waals surface area contributed by atoms with Gasteiger partial charge < -0.3 is 50.5 Å². The van der Waals surface area contributed by atoms with Gasteiger partial charge in [0.1, 0.15) is 36.6 Å². The van der Waals surface area contributed by atoms with Crippen molar-refractivity contribution in [3.8, 4) is 0 Å². The second-order valence-corrected chi connectivity index (χ2v) is 25.3. The highest BCUT2D eigenvalue weighted by Gasteiger charge is 2.44. The Balaban J connectivity index is 2.18. The number of carbonyl (C=O) groups excluding carboxylic acids is 1. The molecular weight excluding hydrogens is 1010 g/mol. The zero-order valence-corrected chi connectivity index (χ0v) is 53.3. The molecule has 1 rings (SSSR count). The molecule has 9 atom stereocenters. The van der Waals surface area contributed by atoms with E-state index in [1.165, 1.54) is 270 Å². The van der Waals surface area contributed by atoms with Gasteiger partial charge in [-0.3, -0.25) is 4.79 Å². The highest BCUT2D eigenvalue weighted by atomic mass is 16.7. The Labute approximate surface area is 500 Å². The van der Waals surface area contributed by atoms with E-state index in [4.69, 9.17) is 9.47 Å². The van der Waals surface area contributed by atoms with Crippen molar-refractivity contribution < 1.29 is 50.0 Å². The Hall–Kier alpha value is -1.15. The topological polar surface area (TPSA) is 189 Å². The third kappa shape index (κ3) is 46.7. The average Bonchev–Trinajstić information content (AvgIpc) is 3.49. The fraction of sp³-hybridized carbons (Fsp3) is 0.957. The number of nitrogens with one attached hydrogen (secondary N) is 1. The van der Waals surface area contributed by atoms with Crippen LogP contribution in [0.1, 0.15) is 361 Å². The number of amides is 1.